The Morgan fingerprint density at radius 2 is 0.188 bits per heavy atom. The number of rotatable bonds is 0. The first-order valence-corrected chi connectivity index (χ1v) is 0. The van der Waals surface area contributed by atoms with Crippen molar-refractivity contribution in [2.75, 3.05) is 0 Å². The largest absolute Gasteiger partial charge is 2.00 e. The SMILES string of the molecule is [Hg+2].[O-2].[O-2].[O-2].[O-2].[O-2].[O-2].[O-2].[O-2].[O-2].[O-2].[O-2].[V].[V].[V].[V]. The molecular weight excluding hydrogens is 580 g/mol. The molecule has 0 aliphatic carbocycles. The maximum atomic E-state index is 0. The molecule has 0 bridgehead atoms. The van der Waals surface area contributed by atoms with Gasteiger partial charge >= 0.3 is 27.7 Å². The number of hydrogen-bond acceptors (Lipinski definition) is 0. The molecule has 0 aromatic rings. The van der Waals surface area contributed by atoms with Crippen molar-refractivity contribution < 1.29 is 162 Å². The second kappa shape index (κ2) is 630. The third-order valence-electron chi connectivity index (χ3n) is 0. The van der Waals surface area contributed by atoms with Gasteiger partial charge in [-0.2, -0.15) is 0 Å². The molecule has 0 N–H and O–H groups in total. The zero-order valence-corrected chi connectivity index (χ0v) is 18.1. The van der Waals surface area contributed by atoms with Gasteiger partial charge in [-0.3, -0.25) is 0 Å². The van der Waals surface area contributed by atoms with Gasteiger partial charge in [-0.05, 0) is 0 Å². The van der Waals surface area contributed by atoms with Crippen molar-refractivity contribution in [3.8, 4) is 0 Å². The van der Waals surface area contributed by atoms with Crippen LogP contribution in [-0.4, -0.2) is 0 Å². The molecule has 0 aromatic heterocycles. The summed E-state index contributed by atoms with van der Waals surface area (Å²) in [6.07, 6.45) is 0. The molecule has 0 spiro atoms. The molecule has 11 nitrogen and oxygen atoms in total. The van der Waals surface area contributed by atoms with Crippen LogP contribution in [0, 0.1) is 0 Å². The summed E-state index contributed by atoms with van der Waals surface area (Å²) in [4.78, 5) is 0. The molecular formula is HgO11V4-20. The van der Waals surface area contributed by atoms with Crippen LogP contribution in [0.1, 0.15) is 0 Å². The van der Waals surface area contributed by atoms with E-state index in [0.29, 0.717) is 0 Å². The minimum atomic E-state index is 0. The van der Waals surface area contributed by atoms with Crippen molar-refractivity contribution >= 4 is 0 Å². The predicted octanol–water partition coefficient (Wildman–Crippen LogP) is -1.32. The summed E-state index contributed by atoms with van der Waals surface area (Å²) in [6.45, 7) is 0. The predicted molar refractivity (Wildman–Crippen MR) is 7.55 cm³/mol. The Bertz CT molecular complexity index is 17.9. The first-order chi connectivity index (χ1) is 0. The van der Waals surface area contributed by atoms with Gasteiger partial charge < -0.3 is 60.2 Å². The van der Waals surface area contributed by atoms with Gasteiger partial charge in [0.2, 0.25) is 0 Å². The normalized spacial score (nSPS) is 0. The van der Waals surface area contributed by atoms with Crippen LogP contribution in [0.5, 0.6) is 0 Å². The Morgan fingerprint density at radius 3 is 0.188 bits per heavy atom. The molecule has 4 radical (unpaired) electrons. The fraction of sp³-hybridized carbons (Fsp3) is 0. The average Bonchev–Trinajstić information content (AvgIpc) is 0. The van der Waals surface area contributed by atoms with Crippen molar-refractivity contribution in [3.05, 3.63) is 0 Å². The maximum Gasteiger partial charge on any atom is 2.00 e. The minimum Gasteiger partial charge on any atom is -2.00 e. The van der Waals surface area contributed by atoms with Crippen LogP contribution in [0.2, 0.25) is 0 Å². The van der Waals surface area contributed by atoms with E-state index in [1.54, 1.807) is 0 Å². The van der Waals surface area contributed by atoms with Gasteiger partial charge in [0.25, 0.3) is 0 Å². The van der Waals surface area contributed by atoms with E-state index >= 15 is 0 Å². The molecule has 0 saturated carbocycles. The van der Waals surface area contributed by atoms with E-state index in [-0.39, 0.29) is 162 Å². The molecule has 108 valence electrons. The van der Waals surface area contributed by atoms with E-state index in [1.165, 1.54) is 0 Å². The minimum absolute atomic E-state index is 0. The summed E-state index contributed by atoms with van der Waals surface area (Å²) in [5, 5.41) is 0. The topological polar surface area (TPSA) is 314 Å². The molecule has 0 saturated heterocycles. The van der Waals surface area contributed by atoms with Gasteiger partial charge in [-0.25, -0.2) is 0 Å². The van der Waals surface area contributed by atoms with Crippen molar-refractivity contribution in [2.24, 2.45) is 0 Å². The van der Waals surface area contributed by atoms with E-state index in [2.05, 4.69) is 0 Å². The summed E-state index contributed by atoms with van der Waals surface area (Å²) >= 11 is 0. The van der Waals surface area contributed by atoms with Crippen LogP contribution in [0.3, 0.4) is 0 Å². The van der Waals surface area contributed by atoms with Crippen LogP contribution in [0.25, 0.3) is 0 Å². The van der Waals surface area contributed by atoms with Crippen molar-refractivity contribution in [1.29, 1.82) is 0 Å². The first-order valence-electron chi connectivity index (χ1n) is 0. The molecule has 0 unspecified atom stereocenters. The van der Waals surface area contributed by atoms with E-state index in [1.807, 2.05) is 0 Å². The maximum absolute atomic E-state index is 0. The Kier molecular flexibility index (Phi) is 29400. The zero-order valence-electron chi connectivity index (χ0n) is 6.99. The Labute approximate surface area is 160 Å². The van der Waals surface area contributed by atoms with Gasteiger partial charge in [-0.1, -0.05) is 0 Å². The second-order valence-corrected chi connectivity index (χ2v) is 0. The monoisotopic (exact) mass is 582 g/mol. The molecule has 0 amide bonds. The van der Waals surface area contributed by atoms with Crippen LogP contribution >= 0.6 is 0 Å². The fourth-order valence-electron chi connectivity index (χ4n) is 0. The summed E-state index contributed by atoms with van der Waals surface area (Å²) in [7, 11) is 0. The first kappa shape index (κ1) is 746. The Balaban J connectivity index is 0. The van der Waals surface area contributed by atoms with E-state index in [0.717, 1.165) is 0 Å². The summed E-state index contributed by atoms with van der Waals surface area (Å²) in [5.41, 5.74) is 0. The summed E-state index contributed by atoms with van der Waals surface area (Å²) < 4.78 is 0. The number of hydrogen-bond donors (Lipinski definition) is 0. The Hall–Kier alpha value is 2.83. The molecule has 0 fully saturated rings. The quantitative estimate of drug-likeness (QED) is 0.301. The zero-order chi connectivity index (χ0) is 0. The third kappa shape index (κ3) is 526. The van der Waals surface area contributed by atoms with Crippen LogP contribution in [0.4, 0.5) is 0 Å². The van der Waals surface area contributed by atoms with E-state index in [4.69, 9.17) is 0 Å². The van der Waals surface area contributed by atoms with Crippen LogP contribution < -0.4 is 0 Å². The fourth-order valence-corrected chi connectivity index (χ4v) is 0. The molecule has 0 heterocycles. The molecule has 16 heavy (non-hydrogen) atoms. The smallest absolute Gasteiger partial charge is 2.00 e. The van der Waals surface area contributed by atoms with Gasteiger partial charge in [-0.15, -0.1) is 0 Å². The van der Waals surface area contributed by atoms with Gasteiger partial charge in [0, 0.05) is 74.2 Å². The van der Waals surface area contributed by atoms with E-state index < -0.39 is 0 Å². The molecule has 16 heteroatoms. The third-order valence-corrected chi connectivity index (χ3v) is 0. The van der Waals surface area contributed by atoms with Crippen molar-refractivity contribution in [2.45, 2.75) is 0 Å². The van der Waals surface area contributed by atoms with E-state index in [9.17, 15) is 0 Å². The second-order valence-electron chi connectivity index (χ2n) is 0. The molecule has 0 aliphatic heterocycles. The average molecular weight is 580 g/mol. The van der Waals surface area contributed by atoms with Crippen LogP contribution in [0.15, 0.2) is 0 Å². The van der Waals surface area contributed by atoms with Crippen molar-refractivity contribution in [3.63, 3.8) is 0 Å². The van der Waals surface area contributed by atoms with Crippen molar-refractivity contribution in [1.82, 2.24) is 0 Å². The van der Waals surface area contributed by atoms with Gasteiger partial charge in [0.05, 0.1) is 0 Å². The van der Waals surface area contributed by atoms with Crippen LogP contribution in [-0.2, 0) is 162 Å². The standard InChI is InChI=1S/Hg.11O.4V/q+2;11*-2;;;;. The molecule has 0 aromatic carbocycles. The summed E-state index contributed by atoms with van der Waals surface area (Å²) in [5.74, 6) is 0. The molecule has 0 rings (SSSR count). The molecule has 0 atom stereocenters. The molecule has 0 aliphatic rings. The summed E-state index contributed by atoms with van der Waals surface area (Å²) in [6, 6.07) is 0. The van der Waals surface area contributed by atoms with Gasteiger partial charge in [0.15, 0.2) is 0 Å². The van der Waals surface area contributed by atoms with Gasteiger partial charge in [0.1, 0.15) is 0 Å². The Morgan fingerprint density at radius 1 is 0.188 bits per heavy atom.